The number of unbranched alkanes of at least 4 members (excludes halogenated alkanes) is 7. The van der Waals surface area contributed by atoms with Crippen LogP contribution in [0.1, 0.15) is 94.7 Å². The molecule has 0 amide bonds. The Kier molecular flexibility index (Phi) is 14.2. The van der Waals surface area contributed by atoms with Gasteiger partial charge in [0.25, 0.3) is 10.1 Å². The molecule has 2 aromatic rings. The third kappa shape index (κ3) is 12.4. The third-order valence-corrected chi connectivity index (χ3v) is 7.59. The van der Waals surface area contributed by atoms with E-state index >= 15 is 0 Å². The van der Waals surface area contributed by atoms with Gasteiger partial charge in [-0.2, -0.15) is 8.42 Å². The molecule has 0 spiro atoms. The first-order valence-electron chi connectivity index (χ1n) is 13.6. The first-order chi connectivity index (χ1) is 17.3. The van der Waals surface area contributed by atoms with Gasteiger partial charge in [0.05, 0.1) is 5.75 Å². The Bertz CT molecular complexity index is 1010. The Morgan fingerprint density at radius 2 is 1.44 bits per heavy atom. The van der Waals surface area contributed by atoms with Crippen molar-refractivity contribution in [2.45, 2.75) is 84.5 Å². The minimum atomic E-state index is -3.89. The van der Waals surface area contributed by atoms with Crippen LogP contribution in [0.2, 0.25) is 5.02 Å². The van der Waals surface area contributed by atoms with Gasteiger partial charge in [-0.05, 0) is 67.0 Å². The first-order valence-corrected chi connectivity index (χ1v) is 15.6. The Hall–Kier alpha value is -1.82. The smallest absolute Gasteiger partial charge is 0.264 e. The average Bonchev–Trinajstić information content (AvgIpc) is 2.85. The van der Waals surface area contributed by atoms with E-state index in [-0.39, 0.29) is 5.75 Å². The molecule has 0 aliphatic carbocycles. The molecule has 4 nitrogen and oxygen atoms in total. The second-order valence-corrected chi connectivity index (χ2v) is 11.6. The van der Waals surface area contributed by atoms with Crippen molar-refractivity contribution in [3.05, 3.63) is 64.2 Å². The molecule has 0 saturated carbocycles. The van der Waals surface area contributed by atoms with Crippen LogP contribution in [0.4, 0.5) is 5.69 Å². The van der Waals surface area contributed by atoms with E-state index in [0.717, 1.165) is 36.2 Å². The predicted molar refractivity (Wildman–Crippen MR) is 157 cm³/mol. The molecule has 0 fully saturated rings. The van der Waals surface area contributed by atoms with Crippen molar-refractivity contribution >= 4 is 39.6 Å². The summed E-state index contributed by atoms with van der Waals surface area (Å²) in [5.74, 6) is -0.199. The van der Waals surface area contributed by atoms with Crippen molar-refractivity contribution in [1.29, 1.82) is 0 Å². The molecule has 0 unspecified atom stereocenters. The number of nitrogens with zero attached hydrogens (tertiary/aromatic N) is 1. The van der Waals surface area contributed by atoms with E-state index in [1.165, 1.54) is 57.1 Å². The third-order valence-electron chi connectivity index (χ3n) is 6.46. The molecule has 0 saturated heterocycles. The summed E-state index contributed by atoms with van der Waals surface area (Å²) in [6.45, 7) is 6.76. The molecule has 0 bridgehead atoms. The summed E-state index contributed by atoms with van der Waals surface area (Å²) in [6, 6.07) is 14.8. The van der Waals surface area contributed by atoms with E-state index in [0.29, 0.717) is 17.9 Å². The zero-order valence-corrected chi connectivity index (χ0v) is 23.7. The second kappa shape index (κ2) is 16.8. The maximum atomic E-state index is 10.8. The fraction of sp³-hybridized carbons (Fsp3) is 0.533. The lowest BCUT2D eigenvalue weighted by Crippen LogP contribution is -2.25. The van der Waals surface area contributed by atoms with E-state index in [1.54, 1.807) is 0 Å². The van der Waals surface area contributed by atoms with Crippen LogP contribution in [0.5, 0.6) is 0 Å². The van der Waals surface area contributed by atoms with E-state index in [4.69, 9.17) is 16.2 Å². The molecule has 2 rings (SSSR count). The van der Waals surface area contributed by atoms with E-state index in [2.05, 4.69) is 49.1 Å². The fourth-order valence-corrected chi connectivity index (χ4v) is 5.12. The summed E-state index contributed by atoms with van der Waals surface area (Å²) < 4.78 is 30.5. The van der Waals surface area contributed by atoms with Gasteiger partial charge in [0, 0.05) is 23.8 Å². The van der Waals surface area contributed by atoms with Crippen LogP contribution in [0, 0.1) is 0 Å². The molecule has 0 aliphatic rings. The number of halogens is 1. The van der Waals surface area contributed by atoms with Crippen molar-refractivity contribution in [3.63, 3.8) is 0 Å². The molecule has 0 aliphatic heterocycles. The predicted octanol–water partition coefficient (Wildman–Crippen LogP) is 8.69. The molecule has 36 heavy (non-hydrogen) atoms. The fourth-order valence-electron chi connectivity index (χ4n) is 4.29. The summed E-state index contributed by atoms with van der Waals surface area (Å²) in [5, 5.41) is 0.681. The molecule has 200 valence electrons. The zero-order chi connectivity index (χ0) is 26.2. The molecule has 1 N–H and O–H groups in total. The summed E-state index contributed by atoms with van der Waals surface area (Å²) in [6.07, 6.45) is 16.2. The molecular weight excluding hydrogens is 490 g/mol. The maximum Gasteiger partial charge on any atom is 0.264 e. The van der Waals surface area contributed by atoms with Crippen LogP contribution in [-0.2, 0) is 16.5 Å². The lowest BCUT2D eigenvalue weighted by Gasteiger charge is -2.25. The van der Waals surface area contributed by atoms with Crippen molar-refractivity contribution in [3.8, 4) is 0 Å². The van der Waals surface area contributed by atoms with Gasteiger partial charge in [0.15, 0.2) is 0 Å². The average molecular weight is 534 g/mol. The SMILES string of the molecule is CCCCCCN(CCCCCC)c1ccc(/C=C/c2ccc(CCCCS(=O)(=O)O)cc2Cl)cc1. The summed E-state index contributed by atoms with van der Waals surface area (Å²) in [4.78, 5) is 2.55. The van der Waals surface area contributed by atoms with Crippen LogP contribution >= 0.6 is 11.6 Å². The highest BCUT2D eigenvalue weighted by Crippen LogP contribution is 2.23. The zero-order valence-electron chi connectivity index (χ0n) is 22.1. The Labute approximate surface area is 224 Å². The van der Waals surface area contributed by atoms with Crippen LogP contribution in [-0.4, -0.2) is 31.8 Å². The Morgan fingerprint density at radius 1 is 0.806 bits per heavy atom. The summed E-state index contributed by atoms with van der Waals surface area (Å²) >= 11 is 6.50. The Morgan fingerprint density at radius 3 is 2.00 bits per heavy atom. The summed E-state index contributed by atoms with van der Waals surface area (Å²) in [5.41, 5.74) is 4.46. The highest BCUT2D eigenvalue weighted by atomic mass is 35.5. The summed E-state index contributed by atoms with van der Waals surface area (Å²) in [7, 11) is -3.89. The number of benzene rings is 2. The standard InChI is InChI=1S/C30H44ClNO3S/c1-3-5-7-10-22-32(23-11-8-6-4-2)29-20-16-26(17-21-29)14-18-28-19-15-27(25-30(28)31)13-9-12-24-36(33,34)35/h14-21,25H,3-13,22-24H2,1-2H3,(H,33,34,35)/b18-14+. The van der Waals surface area contributed by atoms with Crippen LogP contribution < -0.4 is 4.90 Å². The largest absolute Gasteiger partial charge is 0.372 e. The van der Waals surface area contributed by atoms with Crippen molar-refractivity contribution in [1.82, 2.24) is 0 Å². The topological polar surface area (TPSA) is 57.6 Å². The molecule has 0 aromatic heterocycles. The highest BCUT2D eigenvalue weighted by Gasteiger charge is 2.07. The molecule has 0 heterocycles. The Balaban J connectivity index is 1.95. The second-order valence-electron chi connectivity index (χ2n) is 9.63. The number of hydrogen-bond acceptors (Lipinski definition) is 3. The monoisotopic (exact) mass is 533 g/mol. The number of anilines is 1. The van der Waals surface area contributed by atoms with Gasteiger partial charge in [-0.15, -0.1) is 0 Å². The molecule has 6 heteroatoms. The van der Waals surface area contributed by atoms with E-state index in [1.807, 2.05) is 24.3 Å². The first kappa shape index (κ1) is 30.4. The van der Waals surface area contributed by atoms with E-state index in [9.17, 15) is 8.42 Å². The number of hydrogen-bond donors (Lipinski definition) is 1. The van der Waals surface area contributed by atoms with Crippen LogP contribution in [0.3, 0.4) is 0 Å². The normalized spacial score (nSPS) is 11.9. The van der Waals surface area contributed by atoms with Gasteiger partial charge in [-0.1, -0.05) is 100 Å². The lowest BCUT2D eigenvalue weighted by molar-refractivity contribution is 0.480. The van der Waals surface area contributed by atoms with Crippen molar-refractivity contribution in [2.75, 3.05) is 23.7 Å². The van der Waals surface area contributed by atoms with Crippen molar-refractivity contribution < 1.29 is 13.0 Å². The van der Waals surface area contributed by atoms with Gasteiger partial charge in [-0.3, -0.25) is 4.55 Å². The van der Waals surface area contributed by atoms with E-state index < -0.39 is 10.1 Å². The molecule has 2 aromatic carbocycles. The maximum absolute atomic E-state index is 10.8. The van der Waals surface area contributed by atoms with Gasteiger partial charge >= 0.3 is 0 Å². The minimum Gasteiger partial charge on any atom is -0.372 e. The molecule has 0 radical (unpaired) electrons. The van der Waals surface area contributed by atoms with Gasteiger partial charge in [-0.25, -0.2) is 0 Å². The molecule has 0 atom stereocenters. The van der Waals surface area contributed by atoms with Gasteiger partial charge in [0.2, 0.25) is 0 Å². The minimum absolute atomic E-state index is 0.199. The lowest BCUT2D eigenvalue weighted by atomic mass is 10.1. The number of aryl methyl sites for hydroxylation is 1. The highest BCUT2D eigenvalue weighted by molar-refractivity contribution is 7.85. The quantitative estimate of drug-likeness (QED) is 0.118. The van der Waals surface area contributed by atoms with Gasteiger partial charge < -0.3 is 4.90 Å². The molecular formula is C30H44ClNO3S. The van der Waals surface area contributed by atoms with Crippen LogP contribution in [0.25, 0.3) is 12.2 Å². The van der Waals surface area contributed by atoms with Crippen LogP contribution in [0.15, 0.2) is 42.5 Å². The van der Waals surface area contributed by atoms with Crippen molar-refractivity contribution in [2.24, 2.45) is 0 Å². The number of rotatable bonds is 18. The van der Waals surface area contributed by atoms with Gasteiger partial charge in [0.1, 0.15) is 0 Å².